The van der Waals surface area contributed by atoms with E-state index in [0.717, 1.165) is 60.1 Å². The maximum atomic E-state index is 12.0. The molecule has 0 fully saturated rings. The molecule has 0 unspecified atom stereocenters. The highest BCUT2D eigenvalue weighted by molar-refractivity contribution is 6.22. The van der Waals surface area contributed by atoms with Crippen LogP contribution in [-0.2, 0) is 0 Å². The predicted octanol–water partition coefficient (Wildman–Crippen LogP) is 12.4. The van der Waals surface area contributed by atoms with Crippen molar-refractivity contribution in [3.05, 3.63) is 176 Å². The van der Waals surface area contributed by atoms with Crippen LogP contribution in [-0.4, -0.2) is 24.1 Å². The first-order valence-corrected chi connectivity index (χ1v) is 19.0. The van der Waals surface area contributed by atoms with Gasteiger partial charge in [0.2, 0.25) is 11.4 Å². The molecule has 0 N–H and O–H groups in total. The summed E-state index contributed by atoms with van der Waals surface area (Å²) in [6, 6.07) is 53.0. The number of nitrogens with zero attached hydrogens (tertiary/aromatic N) is 6. The molecule has 0 aliphatic rings. The van der Waals surface area contributed by atoms with E-state index in [4.69, 9.17) is 23.8 Å². The second kappa shape index (κ2) is 12.4. The number of furan rings is 2. The van der Waals surface area contributed by atoms with Gasteiger partial charge >= 0.3 is 0 Å². The number of rotatable bonds is 5. The summed E-state index contributed by atoms with van der Waals surface area (Å²) >= 11 is 0. The lowest BCUT2D eigenvalue weighted by atomic mass is 9.86. The van der Waals surface area contributed by atoms with Crippen LogP contribution in [0.2, 0.25) is 0 Å². The molecular formula is C50H28N6O2. The molecular weight excluding hydrogens is 717 g/mol. The van der Waals surface area contributed by atoms with Crippen molar-refractivity contribution in [3.8, 4) is 51.2 Å². The summed E-state index contributed by atoms with van der Waals surface area (Å²) in [6.07, 6.45) is 5.36. The first-order valence-electron chi connectivity index (χ1n) is 19.0. The average Bonchev–Trinajstić information content (AvgIpc) is 4.03. The first-order chi connectivity index (χ1) is 28.8. The number of fused-ring (bicyclic) bond motifs is 10. The SMILES string of the molecule is N#Cc1c(-n2c3ccccc3c3c4ccccc4oc32)c(-c2ccccn2)c(-c2ccccn2)c(-c2ccccn2)c1-n1c2ccccc2c2c3ccccc3oc21. The molecule has 0 aliphatic heterocycles. The number of para-hydroxylation sites is 4. The van der Waals surface area contributed by atoms with Gasteiger partial charge in [0.25, 0.3) is 0 Å². The summed E-state index contributed by atoms with van der Waals surface area (Å²) in [6.45, 7) is 0. The van der Waals surface area contributed by atoms with Crippen molar-refractivity contribution in [2.75, 3.05) is 0 Å². The lowest BCUT2D eigenvalue weighted by molar-refractivity contribution is 0.644. The molecule has 0 bridgehead atoms. The first kappa shape index (κ1) is 32.0. The van der Waals surface area contributed by atoms with E-state index in [9.17, 15) is 5.26 Å². The van der Waals surface area contributed by atoms with E-state index in [0.29, 0.717) is 56.6 Å². The smallest absolute Gasteiger partial charge is 0.213 e. The van der Waals surface area contributed by atoms with E-state index >= 15 is 0 Å². The van der Waals surface area contributed by atoms with E-state index < -0.39 is 0 Å². The third kappa shape index (κ3) is 4.41. The second-order valence-electron chi connectivity index (χ2n) is 14.2. The van der Waals surface area contributed by atoms with Crippen LogP contribution in [0.4, 0.5) is 0 Å². The van der Waals surface area contributed by atoms with Crippen LogP contribution in [0.25, 0.3) is 111 Å². The van der Waals surface area contributed by atoms with Crippen LogP contribution < -0.4 is 0 Å². The van der Waals surface area contributed by atoms with Crippen molar-refractivity contribution in [3.63, 3.8) is 0 Å². The fraction of sp³-hybridized carbons (Fsp3) is 0. The Labute approximate surface area is 330 Å². The van der Waals surface area contributed by atoms with E-state index in [1.165, 1.54) is 0 Å². The predicted molar refractivity (Wildman–Crippen MR) is 229 cm³/mol. The molecule has 8 nitrogen and oxygen atoms in total. The molecule has 0 atom stereocenters. The molecule has 0 aliphatic carbocycles. The van der Waals surface area contributed by atoms with Crippen molar-refractivity contribution >= 4 is 65.9 Å². The zero-order valence-electron chi connectivity index (χ0n) is 30.7. The van der Waals surface area contributed by atoms with Gasteiger partial charge in [0.15, 0.2) is 0 Å². The number of aromatic nitrogens is 5. The van der Waals surface area contributed by atoms with E-state index in [-0.39, 0.29) is 0 Å². The number of benzene rings is 5. The minimum absolute atomic E-state index is 0.382. The summed E-state index contributed by atoms with van der Waals surface area (Å²) in [5, 5.41) is 17.9. The van der Waals surface area contributed by atoms with Gasteiger partial charge in [-0.3, -0.25) is 24.1 Å². The number of hydrogen-bond acceptors (Lipinski definition) is 6. The van der Waals surface area contributed by atoms with Crippen LogP contribution in [0.15, 0.2) is 179 Å². The van der Waals surface area contributed by atoms with Crippen LogP contribution >= 0.6 is 0 Å². The van der Waals surface area contributed by atoms with Gasteiger partial charge in [0.1, 0.15) is 22.8 Å². The van der Waals surface area contributed by atoms with Crippen molar-refractivity contribution in [2.45, 2.75) is 0 Å². The Morgan fingerprint density at radius 2 is 0.793 bits per heavy atom. The molecule has 0 spiro atoms. The van der Waals surface area contributed by atoms with Crippen LogP contribution in [0.3, 0.4) is 0 Å². The highest BCUT2D eigenvalue weighted by Gasteiger charge is 2.34. The van der Waals surface area contributed by atoms with E-state index in [1.807, 2.05) is 115 Å². The molecule has 12 rings (SSSR count). The highest BCUT2D eigenvalue weighted by Crippen LogP contribution is 2.52. The minimum atomic E-state index is 0.382. The number of nitriles is 1. The topological polar surface area (TPSA) is 98.6 Å². The van der Waals surface area contributed by atoms with Crippen molar-refractivity contribution in [2.24, 2.45) is 0 Å². The molecule has 58 heavy (non-hydrogen) atoms. The summed E-state index contributed by atoms with van der Waals surface area (Å²) in [5.74, 6) is 0. The summed E-state index contributed by atoms with van der Waals surface area (Å²) in [4.78, 5) is 15.1. The third-order valence-electron chi connectivity index (χ3n) is 11.2. The molecule has 270 valence electrons. The van der Waals surface area contributed by atoms with Gasteiger partial charge in [-0.25, -0.2) is 0 Å². The Morgan fingerprint density at radius 3 is 1.21 bits per heavy atom. The van der Waals surface area contributed by atoms with E-state index in [2.05, 4.69) is 51.6 Å². The van der Waals surface area contributed by atoms with Gasteiger partial charge in [-0.2, -0.15) is 5.26 Å². The molecule has 8 heteroatoms. The fourth-order valence-electron chi connectivity index (χ4n) is 8.89. The zero-order valence-corrected chi connectivity index (χ0v) is 30.7. The second-order valence-corrected chi connectivity index (χ2v) is 14.2. The summed E-state index contributed by atoms with van der Waals surface area (Å²) in [7, 11) is 0. The molecule has 7 heterocycles. The highest BCUT2D eigenvalue weighted by atomic mass is 16.3. The van der Waals surface area contributed by atoms with Crippen LogP contribution in [0.1, 0.15) is 5.56 Å². The minimum Gasteiger partial charge on any atom is -0.439 e. The van der Waals surface area contributed by atoms with Crippen molar-refractivity contribution in [1.82, 2.24) is 24.1 Å². The van der Waals surface area contributed by atoms with Gasteiger partial charge in [0.05, 0.1) is 50.3 Å². The Balaban J connectivity index is 1.41. The molecule has 0 amide bonds. The quantitative estimate of drug-likeness (QED) is 0.174. The van der Waals surface area contributed by atoms with Gasteiger partial charge in [-0.1, -0.05) is 91.0 Å². The van der Waals surface area contributed by atoms with Crippen molar-refractivity contribution in [1.29, 1.82) is 5.26 Å². The monoisotopic (exact) mass is 744 g/mol. The fourth-order valence-corrected chi connectivity index (χ4v) is 8.89. The number of pyridine rings is 3. The molecule has 0 radical (unpaired) electrons. The van der Waals surface area contributed by atoms with Gasteiger partial charge in [0, 0.05) is 56.8 Å². The van der Waals surface area contributed by atoms with Crippen molar-refractivity contribution < 1.29 is 8.83 Å². The molecule has 12 aromatic rings. The average molecular weight is 745 g/mol. The van der Waals surface area contributed by atoms with Crippen LogP contribution in [0, 0.1) is 11.3 Å². The van der Waals surface area contributed by atoms with Gasteiger partial charge < -0.3 is 8.83 Å². The molecule has 5 aromatic carbocycles. The van der Waals surface area contributed by atoms with Gasteiger partial charge in [-0.15, -0.1) is 0 Å². The third-order valence-corrected chi connectivity index (χ3v) is 11.2. The maximum Gasteiger partial charge on any atom is 0.213 e. The molecule has 0 saturated heterocycles. The van der Waals surface area contributed by atoms with Crippen LogP contribution in [0.5, 0.6) is 0 Å². The Bertz CT molecular complexity index is 3420. The number of hydrogen-bond donors (Lipinski definition) is 0. The van der Waals surface area contributed by atoms with E-state index in [1.54, 1.807) is 18.6 Å². The Morgan fingerprint density at radius 1 is 0.414 bits per heavy atom. The summed E-state index contributed by atoms with van der Waals surface area (Å²) in [5.41, 5.74) is 10.3. The lowest BCUT2D eigenvalue weighted by Crippen LogP contribution is -2.11. The molecule has 0 saturated carbocycles. The standard InChI is InChI=1S/C50H28N6O2/c51-29-34-47(55-38-22-5-1-15-30(38)42-32-17-3-7-24-40(32)57-49(42)55)45(36-20-10-13-27-53-36)44(35-19-9-12-26-52-35)46(37-21-11-14-28-54-37)48(34)56-39-23-6-2-16-31(39)43-33-18-4-8-25-41(33)58-50(43)56/h1-28H. The molecule has 7 aromatic heterocycles. The lowest BCUT2D eigenvalue weighted by Gasteiger charge is -2.25. The largest absolute Gasteiger partial charge is 0.439 e. The maximum absolute atomic E-state index is 12.0. The van der Waals surface area contributed by atoms with Gasteiger partial charge in [-0.05, 0) is 60.7 Å². The Hall–Kier alpha value is -8.28. The Kier molecular flexibility index (Phi) is 6.82. The zero-order chi connectivity index (χ0) is 38.3. The summed E-state index contributed by atoms with van der Waals surface area (Å²) < 4.78 is 17.9. The normalized spacial score (nSPS) is 11.8.